The average Bonchev–Trinajstić information content (AvgIpc) is 3.17. The van der Waals surface area contributed by atoms with Gasteiger partial charge in [-0.3, -0.25) is 14.5 Å². The number of ether oxygens (including phenoxy) is 1. The first-order valence-corrected chi connectivity index (χ1v) is 10.1. The lowest BCUT2D eigenvalue weighted by Crippen LogP contribution is -2.25. The van der Waals surface area contributed by atoms with Gasteiger partial charge in [0.25, 0.3) is 5.91 Å². The van der Waals surface area contributed by atoms with E-state index in [9.17, 15) is 9.59 Å². The standard InChI is InChI=1S/C23H19N3O3S/c1-15(27)24-17-12-10-16(11-13-17)22(28)26(18-6-5-7-19(14-18)29-2)23-25-20-8-3-4-9-21(20)30-23/h3-14H,1-2H3,(H,24,27). The lowest BCUT2D eigenvalue weighted by molar-refractivity contribution is -0.114. The van der Waals surface area contributed by atoms with Gasteiger partial charge in [-0.1, -0.05) is 29.5 Å². The predicted octanol–water partition coefficient (Wildman–Crippen LogP) is 5.24. The SMILES string of the molecule is COc1cccc(N(C(=O)c2ccc(NC(C)=O)cc2)c2nc3ccccc3s2)c1. The Labute approximate surface area is 177 Å². The summed E-state index contributed by atoms with van der Waals surface area (Å²) in [5, 5.41) is 3.28. The van der Waals surface area contributed by atoms with Crippen LogP contribution in [0.4, 0.5) is 16.5 Å². The molecule has 7 heteroatoms. The molecular weight excluding hydrogens is 398 g/mol. The molecule has 0 fully saturated rings. The fourth-order valence-electron chi connectivity index (χ4n) is 3.05. The van der Waals surface area contributed by atoms with Gasteiger partial charge in [-0.25, -0.2) is 4.98 Å². The number of nitrogens with zero attached hydrogens (tertiary/aromatic N) is 2. The highest BCUT2D eigenvalue weighted by atomic mass is 32.1. The quantitative estimate of drug-likeness (QED) is 0.482. The minimum absolute atomic E-state index is 0.165. The topological polar surface area (TPSA) is 71.5 Å². The fraction of sp³-hybridized carbons (Fsp3) is 0.0870. The van der Waals surface area contributed by atoms with Gasteiger partial charge in [-0.15, -0.1) is 0 Å². The molecule has 0 bridgehead atoms. The number of amides is 2. The van der Waals surface area contributed by atoms with Crippen LogP contribution in [0.15, 0.2) is 72.8 Å². The fourth-order valence-corrected chi connectivity index (χ4v) is 4.03. The van der Waals surface area contributed by atoms with Crippen molar-refractivity contribution in [3.05, 3.63) is 78.4 Å². The number of para-hydroxylation sites is 1. The molecule has 30 heavy (non-hydrogen) atoms. The number of thiazole rings is 1. The Morgan fingerprint density at radius 3 is 2.47 bits per heavy atom. The van der Waals surface area contributed by atoms with Crippen LogP contribution in [0.2, 0.25) is 0 Å². The summed E-state index contributed by atoms with van der Waals surface area (Å²) in [6.07, 6.45) is 0. The van der Waals surface area contributed by atoms with Gasteiger partial charge >= 0.3 is 0 Å². The number of nitrogens with one attached hydrogen (secondary N) is 1. The van der Waals surface area contributed by atoms with E-state index in [0.717, 1.165) is 10.2 Å². The molecular formula is C23H19N3O3S. The van der Waals surface area contributed by atoms with Crippen LogP contribution in [0.3, 0.4) is 0 Å². The zero-order chi connectivity index (χ0) is 21.1. The number of hydrogen-bond donors (Lipinski definition) is 1. The Hall–Kier alpha value is -3.71. The number of carbonyl (C=O) groups is 2. The second-order valence-corrected chi connectivity index (χ2v) is 7.57. The number of aromatic nitrogens is 1. The summed E-state index contributed by atoms with van der Waals surface area (Å²) >= 11 is 1.44. The van der Waals surface area contributed by atoms with E-state index in [1.54, 1.807) is 42.3 Å². The third kappa shape index (κ3) is 4.01. The minimum Gasteiger partial charge on any atom is -0.497 e. The Morgan fingerprint density at radius 2 is 1.77 bits per heavy atom. The van der Waals surface area contributed by atoms with E-state index in [0.29, 0.717) is 27.8 Å². The molecule has 0 aliphatic heterocycles. The zero-order valence-corrected chi connectivity index (χ0v) is 17.3. The Bertz CT molecular complexity index is 1180. The van der Waals surface area contributed by atoms with Gasteiger partial charge in [0.05, 0.1) is 23.0 Å². The largest absolute Gasteiger partial charge is 0.497 e. The van der Waals surface area contributed by atoms with Crippen LogP contribution in [-0.4, -0.2) is 23.9 Å². The van der Waals surface area contributed by atoms with Crippen molar-refractivity contribution in [2.24, 2.45) is 0 Å². The zero-order valence-electron chi connectivity index (χ0n) is 16.5. The maximum Gasteiger partial charge on any atom is 0.264 e. The van der Waals surface area contributed by atoms with E-state index in [4.69, 9.17) is 4.74 Å². The number of carbonyl (C=O) groups excluding carboxylic acids is 2. The van der Waals surface area contributed by atoms with Crippen LogP contribution in [0.25, 0.3) is 10.2 Å². The molecule has 1 aromatic heterocycles. The first-order valence-electron chi connectivity index (χ1n) is 9.27. The maximum atomic E-state index is 13.5. The summed E-state index contributed by atoms with van der Waals surface area (Å²) < 4.78 is 6.34. The lowest BCUT2D eigenvalue weighted by Gasteiger charge is -2.21. The van der Waals surface area contributed by atoms with Crippen molar-refractivity contribution >= 4 is 49.9 Å². The minimum atomic E-state index is -0.225. The number of rotatable bonds is 5. The number of hydrogen-bond acceptors (Lipinski definition) is 5. The van der Waals surface area contributed by atoms with Gasteiger partial charge < -0.3 is 10.1 Å². The Kier molecular flexibility index (Phi) is 5.45. The van der Waals surface area contributed by atoms with Crippen LogP contribution in [0, 0.1) is 0 Å². The van der Waals surface area contributed by atoms with E-state index in [-0.39, 0.29) is 11.8 Å². The van der Waals surface area contributed by atoms with Crippen LogP contribution < -0.4 is 15.0 Å². The highest BCUT2D eigenvalue weighted by Gasteiger charge is 2.23. The molecule has 0 aliphatic rings. The van der Waals surface area contributed by atoms with Crippen LogP contribution in [0.1, 0.15) is 17.3 Å². The van der Waals surface area contributed by atoms with E-state index < -0.39 is 0 Å². The molecule has 4 rings (SSSR count). The molecule has 6 nitrogen and oxygen atoms in total. The summed E-state index contributed by atoms with van der Waals surface area (Å²) in [5.74, 6) is 0.255. The van der Waals surface area contributed by atoms with E-state index in [2.05, 4.69) is 10.3 Å². The first kappa shape index (κ1) is 19.6. The van der Waals surface area contributed by atoms with Crippen molar-refractivity contribution in [3.8, 4) is 5.75 Å². The molecule has 0 unspecified atom stereocenters. The van der Waals surface area contributed by atoms with E-state index in [1.807, 2.05) is 42.5 Å². The van der Waals surface area contributed by atoms with E-state index >= 15 is 0 Å². The summed E-state index contributed by atoms with van der Waals surface area (Å²) in [5.41, 5.74) is 2.60. The first-order chi connectivity index (χ1) is 14.5. The molecule has 150 valence electrons. The molecule has 4 aromatic rings. The van der Waals surface area contributed by atoms with Crippen molar-refractivity contribution in [2.45, 2.75) is 6.92 Å². The molecule has 0 aliphatic carbocycles. The molecule has 3 aromatic carbocycles. The predicted molar refractivity (Wildman–Crippen MR) is 120 cm³/mol. The third-order valence-corrected chi connectivity index (χ3v) is 5.46. The smallest absolute Gasteiger partial charge is 0.264 e. The summed E-state index contributed by atoms with van der Waals surface area (Å²) in [7, 11) is 1.59. The molecule has 0 saturated heterocycles. The van der Waals surface area contributed by atoms with Gasteiger partial charge in [0.1, 0.15) is 5.75 Å². The third-order valence-electron chi connectivity index (χ3n) is 4.44. The number of benzene rings is 3. The van der Waals surface area contributed by atoms with Crippen molar-refractivity contribution in [2.75, 3.05) is 17.3 Å². The van der Waals surface area contributed by atoms with Crippen molar-refractivity contribution in [1.82, 2.24) is 4.98 Å². The Balaban J connectivity index is 1.78. The van der Waals surface area contributed by atoms with Crippen LogP contribution in [0.5, 0.6) is 5.75 Å². The van der Waals surface area contributed by atoms with Crippen molar-refractivity contribution in [1.29, 1.82) is 0 Å². The highest BCUT2D eigenvalue weighted by Crippen LogP contribution is 2.35. The molecule has 2 amide bonds. The van der Waals surface area contributed by atoms with E-state index in [1.165, 1.54) is 18.3 Å². The van der Waals surface area contributed by atoms with Gasteiger partial charge in [0.2, 0.25) is 5.91 Å². The summed E-state index contributed by atoms with van der Waals surface area (Å²) in [6, 6.07) is 21.9. The molecule has 0 radical (unpaired) electrons. The van der Waals surface area contributed by atoms with Crippen molar-refractivity contribution < 1.29 is 14.3 Å². The Morgan fingerprint density at radius 1 is 1.00 bits per heavy atom. The monoisotopic (exact) mass is 417 g/mol. The second kappa shape index (κ2) is 8.34. The number of methoxy groups -OCH3 is 1. The van der Waals surface area contributed by atoms with Gasteiger partial charge in [0, 0.05) is 24.2 Å². The number of fused-ring (bicyclic) bond motifs is 1. The van der Waals surface area contributed by atoms with Crippen LogP contribution >= 0.6 is 11.3 Å². The molecule has 0 atom stereocenters. The molecule has 0 spiro atoms. The summed E-state index contributed by atoms with van der Waals surface area (Å²) in [4.78, 5) is 31.0. The normalized spacial score (nSPS) is 10.6. The van der Waals surface area contributed by atoms with Crippen LogP contribution in [-0.2, 0) is 4.79 Å². The average molecular weight is 417 g/mol. The van der Waals surface area contributed by atoms with Gasteiger partial charge in [-0.2, -0.15) is 0 Å². The maximum absolute atomic E-state index is 13.5. The molecule has 1 heterocycles. The highest BCUT2D eigenvalue weighted by molar-refractivity contribution is 7.22. The number of anilines is 3. The van der Waals surface area contributed by atoms with Gasteiger partial charge in [-0.05, 0) is 48.5 Å². The molecule has 0 saturated carbocycles. The van der Waals surface area contributed by atoms with Crippen molar-refractivity contribution in [3.63, 3.8) is 0 Å². The van der Waals surface area contributed by atoms with Gasteiger partial charge in [0.15, 0.2) is 5.13 Å². The lowest BCUT2D eigenvalue weighted by atomic mass is 10.1. The summed E-state index contributed by atoms with van der Waals surface area (Å²) in [6.45, 7) is 1.44. The molecule has 1 N–H and O–H groups in total. The second-order valence-electron chi connectivity index (χ2n) is 6.56.